The maximum Gasteiger partial charge on any atom is 0.271 e. The van der Waals surface area contributed by atoms with Gasteiger partial charge >= 0.3 is 0 Å². The van der Waals surface area contributed by atoms with E-state index in [1.54, 1.807) is 37.6 Å². The lowest BCUT2D eigenvalue weighted by molar-refractivity contribution is 0.0955. The number of rotatable bonds is 4. The van der Waals surface area contributed by atoms with Gasteiger partial charge in [0.15, 0.2) is 0 Å². The summed E-state index contributed by atoms with van der Waals surface area (Å²) in [6, 6.07) is 25.4. The smallest absolute Gasteiger partial charge is 0.271 e. The van der Waals surface area contributed by atoms with Crippen LogP contribution in [0.15, 0.2) is 84.0 Å². The summed E-state index contributed by atoms with van der Waals surface area (Å²) in [5.74, 6) is 0.440. The van der Waals surface area contributed by atoms with E-state index in [2.05, 4.69) is 40.9 Å². The molecule has 0 aliphatic rings. The summed E-state index contributed by atoms with van der Waals surface area (Å²) in [4.78, 5) is 12.3. The second-order valence-corrected chi connectivity index (χ2v) is 6.16. The zero-order chi connectivity index (χ0) is 18.6. The molecular formula is C23H18N2O2. The molecule has 0 radical (unpaired) electrons. The van der Waals surface area contributed by atoms with Crippen molar-refractivity contribution in [1.29, 1.82) is 0 Å². The summed E-state index contributed by atoms with van der Waals surface area (Å²) in [6.07, 6.45) is 1.71. The molecule has 4 rings (SSSR count). The van der Waals surface area contributed by atoms with Crippen LogP contribution in [0.5, 0.6) is 5.75 Å². The van der Waals surface area contributed by atoms with E-state index in [-0.39, 0.29) is 5.91 Å². The number of hydrazone groups is 1. The summed E-state index contributed by atoms with van der Waals surface area (Å²) in [5.41, 5.74) is 4.11. The Morgan fingerprint density at radius 2 is 1.48 bits per heavy atom. The number of methoxy groups -OCH3 is 1. The van der Waals surface area contributed by atoms with Gasteiger partial charge in [0, 0.05) is 11.1 Å². The van der Waals surface area contributed by atoms with Gasteiger partial charge in [0.1, 0.15) is 5.75 Å². The van der Waals surface area contributed by atoms with Crippen LogP contribution in [0.3, 0.4) is 0 Å². The highest BCUT2D eigenvalue weighted by Gasteiger charge is 2.07. The third-order valence-corrected chi connectivity index (χ3v) is 4.52. The minimum atomic E-state index is -0.265. The second-order valence-electron chi connectivity index (χ2n) is 6.16. The maximum absolute atomic E-state index is 12.3. The van der Waals surface area contributed by atoms with Crippen molar-refractivity contribution >= 4 is 33.7 Å². The highest BCUT2D eigenvalue weighted by Crippen LogP contribution is 2.27. The van der Waals surface area contributed by atoms with Crippen molar-refractivity contribution in [3.63, 3.8) is 0 Å². The van der Waals surface area contributed by atoms with Gasteiger partial charge in [0.25, 0.3) is 5.91 Å². The summed E-state index contributed by atoms with van der Waals surface area (Å²) in [7, 11) is 1.59. The molecule has 0 bridgehead atoms. The van der Waals surface area contributed by atoms with E-state index in [0.29, 0.717) is 11.3 Å². The number of carbonyl (C=O) groups excluding carboxylic acids is 1. The number of hydrogen-bond acceptors (Lipinski definition) is 3. The predicted molar refractivity (Wildman–Crippen MR) is 110 cm³/mol. The molecule has 0 fully saturated rings. The van der Waals surface area contributed by atoms with Crippen molar-refractivity contribution in [3.05, 3.63) is 90.0 Å². The number of hydrogen-bond donors (Lipinski definition) is 1. The Morgan fingerprint density at radius 1 is 0.889 bits per heavy atom. The Hall–Kier alpha value is -3.66. The SMILES string of the molecule is COc1ccc(C(=O)N/N=C\c2c3ccccc3cc3ccccc23)cc1. The fraction of sp³-hybridized carbons (Fsp3) is 0.0435. The Morgan fingerprint density at radius 3 is 2.07 bits per heavy atom. The van der Waals surface area contributed by atoms with Crippen LogP contribution < -0.4 is 10.2 Å². The van der Waals surface area contributed by atoms with Gasteiger partial charge in [-0.05, 0) is 51.9 Å². The average Bonchev–Trinajstić information content (AvgIpc) is 2.73. The average molecular weight is 354 g/mol. The van der Waals surface area contributed by atoms with Crippen LogP contribution in [0.25, 0.3) is 21.5 Å². The first-order valence-corrected chi connectivity index (χ1v) is 8.64. The van der Waals surface area contributed by atoms with Gasteiger partial charge in [-0.25, -0.2) is 5.43 Å². The molecule has 4 aromatic carbocycles. The van der Waals surface area contributed by atoms with E-state index in [1.165, 1.54) is 0 Å². The second kappa shape index (κ2) is 7.30. The number of amides is 1. The predicted octanol–water partition coefficient (Wildman–Crippen LogP) is 4.77. The van der Waals surface area contributed by atoms with Crippen LogP contribution in [-0.4, -0.2) is 19.2 Å². The summed E-state index contributed by atoms with van der Waals surface area (Å²) in [6.45, 7) is 0. The number of benzene rings is 4. The van der Waals surface area contributed by atoms with E-state index in [0.717, 1.165) is 27.1 Å². The molecule has 1 amide bonds. The number of fused-ring (bicyclic) bond motifs is 2. The maximum atomic E-state index is 12.3. The van der Waals surface area contributed by atoms with Gasteiger partial charge in [-0.3, -0.25) is 4.79 Å². The van der Waals surface area contributed by atoms with E-state index >= 15 is 0 Å². The molecule has 0 aliphatic heterocycles. The van der Waals surface area contributed by atoms with Crippen molar-refractivity contribution in [3.8, 4) is 5.75 Å². The van der Waals surface area contributed by atoms with Gasteiger partial charge in [-0.1, -0.05) is 48.5 Å². The minimum Gasteiger partial charge on any atom is -0.497 e. The molecule has 0 saturated heterocycles. The molecule has 0 atom stereocenters. The number of nitrogens with one attached hydrogen (secondary N) is 1. The first kappa shape index (κ1) is 16.8. The zero-order valence-electron chi connectivity index (χ0n) is 14.8. The largest absolute Gasteiger partial charge is 0.497 e. The van der Waals surface area contributed by atoms with Crippen LogP contribution in [0.1, 0.15) is 15.9 Å². The van der Waals surface area contributed by atoms with E-state index in [1.807, 2.05) is 24.3 Å². The molecule has 0 aliphatic carbocycles. The highest BCUT2D eigenvalue weighted by atomic mass is 16.5. The van der Waals surface area contributed by atoms with Crippen LogP contribution in [0, 0.1) is 0 Å². The summed E-state index contributed by atoms with van der Waals surface area (Å²) < 4.78 is 5.11. The third kappa shape index (κ3) is 3.37. The lowest BCUT2D eigenvalue weighted by Gasteiger charge is -2.08. The van der Waals surface area contributed by atoms with Crippen LogP contribution in [0.4, 0.5) is 0 Å². The number of ether oxygens (including phenoxy) is 1. The monoisotopic (exact) mass is 354 g/mol. The molecule has 0 aromatic heterocycles. The topological polar surface area (TPSA) is 50.7 Å². The lowest BCUT2D eigenvalue weighted by atomic mass is 9.97. The van der Waals surface area contributed by atoms with Gasteiger partial charge in [0.05, 0.1) is 13.3 Å². The Balaban J connectivity index is 1.66. The van der Waals surface area contributed by atoms with Crippen molar-refractivity contribution in [2.45, 2.75) is 0 Å². The molecule has 132 valence electrons. The molecule has 4 nitrogen and oxygen atoms in total. The molecule has 1 N–H and O–H groups in total. The van der Waals surface area contributed by atoms with Crippen molar-refractivity contribution in [1.82, 2.24) is 5.43 Å². The molecular weight excluding hydrogens is 336 g/mol. The number of carbonyl (C=O) groups is 1. The summed E-state index contributed by atoms with van der Waals surface area (Å²) in [5, 5.41) is 8.67. The van der Waals surface area contributed by atoms with Crippen LogP contribution in [0.2, 0.25) is 0 Å². The van der Waals surface area contributed by atoms with Gasteiger partial charge in [0.2, 0.25) is 0 Å². The van der Waals surface area contributed by atoms with Crippen LogP contribution in [-0.2, 0) is 0 Å². The Bertz CT molecular complexity index is 1090. The zero-order valence-corrected chi connectivity index (χ0v) is 14.8. The Labute approximate surface area is 157 Å². The third-order valence-electron chi connectivity index (χ3n) is 4.52. The highest BCUT2D eigenvalue weighted by molar-refractivity contribution is 6.13. The van der Waals surface area contributed by atoms with Crippen LogP contribution >= 0.6 is 0 Å². The van der Waals surface area contributed by atoms with Crippen molar-refractivity contribution in [2.24, 2.45) is 5.10 Å². The van der Waals surface area contributed by atoms with Crippen molar-refractivity contribution in [2.75, 3.05) is 7.11 Å². The Kier molecular flexibility index (Phi) is 4.54. The lowest BCUT2D eigenvalue weighted by Crippen LogP contribution is -2.17. The molecule has 0 unspecified atom stereocenters. The van der Waals surface area contributed by atoms with Gasteiger partial charge in [-0.2, -0.15) is 5.10 Å². The van der Waals surface area contributed by atoms with E-state index < -0.39 is 0 Å². The first-order chi connectivity index (χ1) is 13.3. The molecule has 4 heteroatoms. The normalized spacial score (nSPS) is 11.1. The molecule has 0 spiro atoms. The molecule has 0 saturated carbocycles. The quantitative estimate of drug-likeness (QED) is 0.326. The van der Waals surface area contributed by atoms with Crippen molar-refractivity contribution < 1.29 is 9.53 Å². The van der Waals surface area contributed by atoms with E-state index in [9.17, 15) is 4.79 Å². The molecule has 0 heterocycles. The molecule has 27 heavy (non-hydrogen) atoms. The number of nitrogens with zero attached hydrogens (tertiary/aromatic N) is 1. The minimum absolute atomic E-state index is 0.265. The van der Waals surface area contributed by atoms with Gasteiger partial charge < -0.3 is 4.74 Å². The standard InChI is InChI=1S/C23H18N2O2/c1-27-19-12-10-16(11-13-19)23(26)25-24-15-22-20-8-4-2-6-17(20)14-18-7-3-5-9-21(18)22/h2-15H,1H3,(H,25,26)/b24-15-. The van der Waals surface area contributed by atoms with E-state index in [4.69, 9.17) is 4.74 Å². The molecule has 4 aromatic rings. The van der Waals surface area contributed by atoms with Gasteiger partial charge in [-0.15, -0.1) is 0 Å². The summed E-state index contributed by atoms with van der Waals surface area (Å²) >= 11 is 0. The first-order valence-electron chi connectivity index (χ1n) is 8.64. The fourth-order valence-corrected chi connectivity index (χ4v) is 3.15. The fourth-order valence-electron chi connectivity index (χ4n) is 3.15.